The first-order chi connectivity index (χ1) is 6.66. The van der Waals surface area contributed by atoms with E-state index in [2.05, 4.69) is 0 Å². The van der Waals surface area contributed by atoms with Crippen LogP contribution in [0.25, 0.3) is 5.57 Å². The molecule has 1 atom stereocenters. The average Bonchev–Trinajstić information content (AvgIpc) is 2.19. The largest absolute Gasteiger partial charge is 0.512 e. The summed E-state index contributed by atoms with van der Waals surface area (Å²) in [4.78, 5) is 0. The van der Waals surface area contributed by atoms with Crippen molar-refractivity contribution in [3.05, 3.63) is 41.7 Å². The van der Waals surface area contributed by atoms with Gasteiger partial charge in [0.1, 0.15) is 0 Å². The summed E-state index contributed by atoms with van der Waals surface area (Å²) < 4.78 is 5.21. The van der Waals surface area contributed by atoms with Crippen molar-refractivity contribution in [2.24, 2.45) is 0 Å². The van der Waals surface area contributed by atoms with E-state index in [1.165, 1.54) is 0 Å². The van der Waals surface area contributed by atoms with Gasteiger partial charge in [-0.15, -0.1) is 0 Å². The third-order valence-electron chi connectivity index (χ3n) is 2.23. The van der Waals surface area contributed by atoms with Crippen LogP contribution >= 0.6 is 0 Å². The van der Waals surface area contributed by atoms with Crippen LogP contribution in [0.5, 0.6) is 0 Å². The number of rotatable bonds is 3. The van der Waals surface area contributed by atoms with E-state index in [0.29, 0.717) is 5.76 Å². The van der Waals surface area contributed by atoms with Crippen molar-refractivity contribution in [3.8, 4) is 0 Å². The lowest BCUT2D eigenvalue weighted by atomic mass is 10.0. The van der Waals surface area contributed by atoms with Crippen LogP contribution in [0.2, 0.25) is 0 Å². The molecule has 0 aromatic heterocycles. The van der Waals surface area contributed by atoms with Gasteiger partial charge in [0.05, 0.1) is 11.9 Å². The van der Waals surface area contributed by atoms with E-state index in [4.69, 9.17) is 4.74 Å². The third kappa shape index (κ3) is 2.36. The summed E-state index contributed by atoms with van der Waals surface area (Å²) in [7, 11) is 1.64. The van der Waals surface area contributed by atoms with Gasteiger partial charge in [-0.05, 0) is 19.4 Å². The SMILES string of the molecule is COC(C)/C(=C(/C)O)c1ccccc1. The second-order valence-corrected chi connectivity index (χ2v) is 3.24. The molecule has 76 valence electrons. The van der Waals surface area contributed by atoms with E-state index in [1.807, 2.05) is 37.3 Å². The van der Waals surface area contributed by atoms with Crippen molar-refractivity contribution < 1.29 is 9.84 Å². The molecular formula is C12H16O2. The number of hydrogen-bond acceptors (Lipinski definition) is 2. The van der Waals surface area contributed by atoms with E-state index in [1.54, 1.807) is 14.0 Å². The van der Waals surface area contributed by atoms with Crippen molar-refractivity contribution in [1.82, 2.24) is 0 Å². The summed E-state index contributed by atoms with van der Waals surface area (Å²) >= 11 is 0. The molecule has 0 aliphatic heterocycles. The van der Waals surface area contributed by atoms with Gasteiger partial charge in [-0.2, -0.15) is 0 Å². The lowest BCUT2D eigenvalue weighted by Gasteiger charge is -2.15. The Balaban J connectivity index is 3.09. The molecule has 2 heteroatoms. The van der Waals surface area contributed by atoms with E-state index in [0.717, 1.165) is 11.1 Å². The molecule has 1 aromatic carbocycles. The molecule has 0 saturated carbocycles. The first kappa shape index (κ1) is 10.8. The first-order valence-corrected chi connectivity index (χ1v) is 4.64. The maximum Gasteiger partial charge on any atom is 0.0955 e. The predicted octanol–water partition coefficient (Wildman–Crippen LogP) is 3.01. The molecule has 1 N–H and O–H groups in total. The normalized spacial score (nSPS) is 14.8. The lowest BCUT2D eigenvalue weighted by Crippen LogP contribution is -2.09. The van der Waals surface area contributed by atoms with Gasteiger partial charge < -0.3 is 9.84 Å². The quantitative estimate of drug-likeness (QED) is 0.746. The second kappa shape index (κ2) is 4.82. The van der Waals surface area contributed by atoms with Crippen LogP contribution in [0, 0.1) is 0 Å². The minimum absolute atomic E-state index is 0.0950. The zero-order valence-electron chi connectivity index (χ0n) is 8.82. The van der Waals surface area contributed by atoms with Crippen LogP contribution in [0.3, 0.4) is 0 Å². The van der Waals surface area contributed by atoms with Gasteiger partial charge in [-0.3, -0.25) is 0 Å². The van der Waals surface area contributed by atoms with Crippen molar-refractivity contribution in [2.75, 3.05) is 7.11 Å². The Morgan fingerprint density at radius 2 is 1.86 bits per heavy atom. The van der Waals surface area contributed by atoms with Gasteiger partial charge in [0.2, 0.25) is 0 Å². The Kier molecular flexibility index (Phi) is 3.72. The van der Waals surface area contributed by atoms with E-state index in [9.17, 15) is 5.11 Å². The molecule has 1 aromatic rings. The Morgan fingerprint density at radius 1 is 1.29 bits per heavy atom. The molecule has 0 aliphatic rings. The fraction of sp³-hybridized carbons (Fsp3) is 0.333. The van der Waals surface area contributed by atoms with E-state index < -0.39 is 0 Å². The highest BCUT2D eigenvalue weighted by molar-refractivity contribution is 5.69. The first-order valence-electron chi connectivity index (χ1n) is 4.64. The van der Waals surface area contributed by atoms with Gasteiger partial charge in [0.25, 0.3) is 0 Å². The van der Waals surface area contributed by atoms with Crippen molar-refractivity contribution >= 4 is 5.57 Å². The highest BCUT2D eigenvalue weighted by Crippen LogP contribution is 2.22. The van der Waals surface area contributed by atoms with Crippen molar-refractivity contribution in [2.45, 2.75) is 20.0 Å². The van der Waals surface area contributed by atoms with Crippen LogP contribution in [0.15, 0.2) is 36.1 Å². The highest BCUT2D eigenvalue weighted by Gasteiger charge is 2.12. The molecule has 1 unspecified atom stereocenters. The maximum absolute atomic E-state index is 9.57. The number of aliphatic hydroxyl groups excluding tert-OH is 1. The van der Waals surface area contributed by atoms with Crippen LogP contribution in [0.1, 0.15) is 19.4 Å². The summed E-state index contributed by atoms with van der Waals surface area (Å²) in [6.07, 6.45) is -0.0950. The van der Waals surface area contributed by atoms with Gasteiger partial charge in [-0.1, -0.05) is 30.3 Å². The average molecular weight is 192 g/mol. The van der Waals surface area contributed by atoms with Crippen LogP contribution < -0.4 is 0 Å². The number of benzene rings is 1. The third-order valence-corrected chi connectivity index (χ3v) is 2.23. The summed E-state index contributed by atoms with van der Waals surface area (Å²) in [5.74, 6) is 0.311. The molecule has 0 spiro atoms. The fourth-order valence-electron chi connectivity index (χ4n) is 1.47. The Morgan fingerprint density at radius 3 is 2.29 bits per heavy atom. The molecule has 0 heterocycles. The smallest absolute Gasteiger partial charge is 0.0955 e. The Bertz CT molecular complexity index is 310. The lowest BCUT2D eigenvalue weighted by molar-refractivity contribution is 0.161. The van der Waals surface area contributed by atoms with Crippen molar-refractivity contribution in [3.63, 3.8) is 0 Å². The molecule has 2 nitrogen and oxygen atoms in total. The summed E-state index contributed by atoms with van der Waals surface area (Å²) in [5, 5.41) is 9.57. The van der Waals surface area contributed by atoms with Crippen LogP contribution in [0.4, 0.5) is 0 Å². The molecule has 1 rings (SSSR count). The topological polar surface area (TPSA) is 29.5 Å². The standard InChI is InChI=1S/C12H16O2/c1-9(13)12(10(2)14-3)11-7-5-4-6-8-11/h4-8,10,13H,1-3H3/b12-9+. The summed E-state index contributed by atoms with van der Waals surface area (Å²) in [6.45, 7) is 3.60. The molecule has 0 bridgehead atoms. The number of methoxy groups -OCH3 is 1. The minimum Gasteiger partial charge on any atom is -0.512 e. The van der Waals surface area contributed by atoms with Gasteiger partial charge >= 0.3 is 0 Å². The van der Waals surface area contributed by atoms with Crippen LogP contribution in [-0.4, -0.2) is 18.3 Å². The zero-order chi connectivity index (χ0) is 10.6. The molecule has 0 saturated heterocycles. The maximum atomic E-state index is 9.57. The molecule has 0 aliphatic carbocycles. The number of aliphatic hydroxyl groups is 1. The van der Waals surface area contributed by atoms with Gasteiger partial charge in [0.15, 0.2) is 0 Å². The molecular weight excluding hydrogens is 176 g/mol. The van der Waals surface area contributed by atoms with Gasteiger partial charge in [0, 0.05) is 12.7 Å². The van der Waals surface area contributed by atoms with Crippen LogP contribution in [-0.2, 0) is 4.74 Å². The number of hydrogen-bond donors (Lipinski definition) is 1. The predicted molar refractivity (Wildman–Crippen MR) is 58.1 cm³/mol. The minimum atomic E-state index is -0.0950. The Labute approximate surface area is 84.8 Å². The monoisotopic (exact) mass is 192 g/mol. The number of ether oxygens (including phenoxy) is 1. The summed E-state index contributed by atoms with van der Waals surface area (Å²) in [6, 6.07) is 9.77. The molecule has 14 heavy (non-hydrogen) atoms. The van der Waals surface area contributed by atoms with Gasteiger partial charge in [-0.25, -0.2) is 0 Å². The molecule has 0 fully saturated rings. The van der Waals surface area contributed by atoms with E-state index >= 15 is 0 Å². The van der Waals surface area contributed by atoms with E-state index in [-0.39, 0.29) is 6.10 Å². The van der Waals surface area contributed by atoms with Crippen molar-refractivity contribution in [1.29, 1.82) is 0 Å². The summed E-state index contributed by atoms with van der Waals surface area (Å²) in [5.41, 5.74) is 1.84. The zero-order valence-corrected chi connectivity index (χ0v) is 8.82. The highest BCUT2D eigenvalue weighted by atomic mass is 16.5. The molecule has 0 radical (unpaired) electrons. The fourth-order valence-corrected chi connectivity index (χ4v) is 1.47. The number of allylic oxidation sites excluding steroid dienone is 1. The Hall–Kier alpha value is -1.28. The second-order valence-electron chi connectivity index (χ2n) is 3.24. The molecule has 0 amide bonds.